The van der Waals surface area contributed by atoms with Gasteiger partial charge in [0.15, 0.2) is 0 Å². The molecular weight excluding hydrogens is 296 g/mol. The van der Waals surface area contributed by atoms with Gasteiger partial charge in [0.1, 0.15) is 4.90 Å². The fraction of sp³-hybridized carbons (Fsp3) is 0.400. The van der Waals surface area contributed by atoms with E-state index in [0.717, 1.165) is 16.4 Å². The van der Waals surface area contributed by atoms with Gasteiger partial charge in [-0.15, -0.1) is 0 Å². The first kappa shape index (κ1) is 15.8. The molecule has 0 aliphatic carbocycles. The SMILES string of the molecule is CCN(CCO)S(=O)(=O)c1cc([N+](=O)[O-])ccc1Cl. The molecule has 106 valence electrons. The lowest BCUT2D eigenvalue weighted by Gasteiger charge is -2.19. The maximum Gasteiger partial charge on any atom is 0.270 e. The molecule has 19 heavy (non-hydrogen) atoms. The highest BCUT2D eigenvalue weighted by molar-refractivity contribution is 7.89. The summed E-state index contributed by atoms with van der Waals surface area (Å²) in [6, 6.07) is 3.21. The average molecular weight is 309 g/mol. The van der Waals surface area contributed by atoms with E-state index >= 15 is 0 Å². The van der Waals surface area contributed by atoms with Crippen LogP contribution in [0.5, 0.6) is 0 Å². The molecule has 0 radical (unpaired) electrons. The first-order chi connectivity index (χ1) is 8.84. The van der Waals surface area contributed by atoms with Crippen LogP contribution in [0.15, 0.2) is 23.1 Å². The number of hydrogen-bond acceptors (Lipinski definition) is 5. The largest absolute Gasteiger partial charge is 0.395 e. The van der Waals surface area contributed by atoms with Crippen LogP contribution in [0.3, 0.4) is 0 Å². The molecule has 0 atom stereocenters. The van der Waals surface area contributed by atoms with Gasteiger partial charge in [-0.2, -0.15) is 4.31 Å². The van der Waals surface area contributed by atoms with Crippen molar-refractivity contribution in [2.75, 3.05) is 19.7 Å². The molecule has 0 fully saturated rings. The number of rotatable bonds is 6. The van der Waals surface area contributed by atoms with E-state index in [0.29, 0.717) is 0 Å². The molecule has 0 aromatic heterocycles. The van der Waals surface area contributed by atoms with Gasteiger partial charge in [0.2, 0.25) is 10.0 Å². The van der Waals surface area contributed by atoms with Gasteiger partial charge >= 0.3 is 0 Å². The number of halogens is 1. The van der Waals surface area contributed by atoms with E-state index in [1.54, 1.807) is 6.92 Å². The second kappa shape index (κ2) is 6.29. The van der Waals surface area contributed by atoms with Crippen molar-refractivity contribution in [2.45, 2.75) is 11.8 Å². The lowest BCUT2D eigenvalue weighted by molar-refractivity contribution is -0.385. The van der Waals surface area contributed by atoms with Crippen LogP contribution in [-0.4, -0.2) is 42.4 Å². The highest BCUT2D eigenvalue weighted by Crippen LogP contribution is 2.28. The van der Waals surface area contributed by atoms with E-state index in [-0.39, 0.29) is 35.3 Å². The minimum atomic E-state index is -3.96. The Hall–Kier alpha value is -1.22. The number of aliphatic hydroxyl groups is 1. The van der Waals surface area contributed by atoms with E-state index in [2.05, 4.69) is 0 Å². The average Bonchev–Trinajstić information content (AvgIpc) is 2.35. The molecule has 0 heterocycles. The Morgan fingerprint density at radius 1 is 1.47 bits per heavy atom. The van der Waals surface area contributed by atoms with Crippen LogP contribution in [0.1, 0.15) is 6.92 Å². The fourth-order valence-electron chi connectivity index (χ4n) is 1.50. The summed E-state index contributed by atoms with van der Waals surface area (Å²) in [5, 5.41) is 19.4. The van der Waals surface area contributed by atoms with Crippen LogP contribution >= 0.6 is 11.6 Å². The van der Waals surface area contributed by atoms with Gasteiger partial charge < -0.3 is 5.11 Å². The van der Waals surface area contributed by atoms with Gasteiger partial charge in [0.05, 0.1) is 16.6 Å². The van der Waals surface area contributed by atoms with Crippen molar-refractivity contribution in [1.29, 1.82) is 0 Å². The van der Waals surface area contributed by atoms with E-state index in [9.17, 15) is 18.5 Å². The first-order valence-electron chi connectivity index (χ1n) is 5.39. The van der Waals surface area contributed by atoms with Gasteiger partial charge in [-0.05, 0) is 6.07 Å². The van der Waals surface area contributed by atoms with Gasteiger partial charge in [-0.25, -0.2) is 8.42 Å². The Kier molecular flexibility index (Phi) is 5.24. The van der Waals surface area contributed by atoms with Crippen molar-refractivity contribution in [3.63, 3.8) is 0 Å². The monoisotopic (exact) mass is 308 g/mol. The summed E-state index contributed by atoms with van der Waals surface area (Å²) >= 11 is 5.80. The van der Waals surface area contributed by atoms with Gasteiger partial charge in [0, 0.05) is 25.2 Å². The predicted octanol–water partition coefficient (Wildman–Crippen LogP) is 1.25. The number of nitrogens with zero attached hydrogens (tertiary/aromatic N) is 2. The predicted molar refractivity (Wildman–Crippen MR) is 69.6 cm³/mol. The van der Waals surface area contributed by atoms with Gasteiger partial charge in [-0.3, -0.25) is 10.1 Å². The Labute approximate surface area is 115 Å². The van der Waals surface area contributed by atoms with Crippen molar-refractivity contribution in [3.8, 4) is 0 Å². The normalized spacial score (nSPS) is 11.8. The summed E-state index contributed by atoms with van der Waals surface area (Å²) in [5.74, 6) is 0. The second-order valence-corrected chi connectivity index (χ2v) is 5.91. The minimum absolute atomic E-state index is 0.0954. The molecule has 1 rings (SSSR count). The van der Waals surface area contributed by atoms with Gasteiger partial charge in [-0.1, -0.05) is 18.5 Å². The molecule has 0 saturated heterocycles. The molecule has 1 aromatic rings. The molecule has 0 amide bonds. The molecule has 0 aliphatic rings. The summed E-state index contributed by atoms with van der Waals surface area (Å²) in [6.07, 6.45) is 0. The van der Waals surface area contributed by atoms with Crippen LogP contribution in [0.2, 0.25) is 5.02 Å². The van der Waals surface area contributed by atoms with Crippen LogP contribution in [0, 0.1) is 10.1 Å². The summed E-state index contributed by atoms with van der Waals surface area (Å²) in [7, 11) is -3.96. The summed E-state index contributed by atoms with van der Waals surface area (Å²) in [5.41, 5.74) is -0.358. The van der Waals surface area contributed by atoms with Crippen LogP contribution in [0.25, 0.3) is 0 Å². The van der Waals surface area contributed by atoms with Crippen LogP contribution in [-0.2, 0) is 10.0 Å². The number of aliphatic hydroxyl groups excluding tert-OH is 1. The van der Waals surface area contributed by atoms with E-state index in [1.807, 2.05) is 0 Å². The summed E-state index contributed by atoms with van der Waals surface area (Å²) in [6.45, 7) is 1.28. The molecule has 0 bridgehead atoms. The highest BCUT2D eigenvalue weighted by Gasteiger charge is 2.27. The minimum Gasteiger partial charge on any atom is -0.395 e. The number of nitro groups is 1. The third-order valence-corrected chi connectivity index (χ3v) is 4.90. The number of nitro benzene ring substituents is 1. The summed E-state index contributed by atoms with van der Waals surface area (Å²) < 4.78 is 25.5. The van der Waals surface area contributed by atoms with Gasteiger partial charge in [0.25, 0.3) is 5.69 Å². The van der Waals surface area contributed by atoms with Crippen molar-refractivity contribution in [3.05, 3.63) is 33.3 Å². The standard InChI is InChI=1S/C10H13ClN2O5S/c1-2-12(5-6-14)19(17,18)10-7-8(13(15)16)3-4-9(10)11/h3-4,7,14H,2,5-6H2,1H3. The smallest absolute Gasteiger partial charge is 0.270 e. The molecule has 0 saturated carbocycles. The molecule has 0 aliphatic heterocycles. The van der Waals surface area contributed by atoms with Crippen LogP contribution in [0.4, 0.5) is 5.69 Å². The Balaban J connectivity index is 3.34. The number of sulfonamides is 1. The number of hydrogen-bond donors (Lipinski definition) is 1. The van der Waals surface area contributed by atoms with Crippen molar-refractivity contribution < 1.29 is 18.4 Å². The zero-order chi connectivity index (χ0) is 14.6. The van der Waals surface area contributed by atoms with E-state index in [1.165, 1.54) is 6.07 Å². The maximum absolute atomic E-state index is 12.3. The second-order valence-electron chi connectivity index (χ2n) is 3.59. The summed E-state index contributed by atoms with van der Waals surface area (Å²) in [4.78, 5) is 9.64. The number of benzene rings is 1. The molecule has 9 heteroatoms. The van der Waals surface area contributed by atoms with Crippen molar-refractivity contribution in [1.82, 2.24) is 4.31 Å². The topological polar surface area (TPSA) is 101 Å². The third kappa shape index (κ3) is 3.41. The Bertz CT molecular complexity index is 575. The Morgan fingerprint density at radius 2 is 2.11 bits per heavy atom. The molecule has 0 unspecified atom stereocenters. The molecule has 7 nitrogen and oxygen atoms in total. The molecular formula is C10H13ClN2O5S. The molecule has 1 aromatic carbocycles. The fourth-order valence-corrected chi connectivity index (χ4v) is 3.44. The van der Waals surface area contributed by atoms with E-state index in [4.69, 9.17) is 16.7 Å². The third-order valence-electron chi connectivity index (χ3n) is 2.45. The molecule has 1 N–H and O–H groups in total. The molecule has 0 spiro atoms. The zero-order valence-corrected chi connectivity index (χ0v) is 11.7. The lowest BCUT2D eigenvalue weighted by Crippen LogP contribution is -2.33. The highest BCUT2D eigenvalue weighted by atomic mass is 35.5. The Morgan fingerprint density at radius 3 is 2.58 bits per heavy atom. The maximum atomic E-state index is 12.3. The lowest BCUT2D eigenvalue weighted by atomic mass is 10.3. The van der Waals surface area contributed by atoms with Crippen molar-refractivity contribution >= 4 is 27.3 Å². The zero-order valence-electron chi connectivity index (χ0n) is 10.1. The quantitative estimate of drug-likeness (QED) is 0.629. The van der Waals surface area contributed by atoms with E-state index < -0.39 is 14.9 Å². The van der Waals surface area contributed by atoms with Crippen molar-refractivity contribution in [2.24, 2.45) is 0 Å². The number of likely N-dealkylation sites (N-methyl/N-ethyl adjacent to an activating group) is 1. The number of non-ortho nitro benzene ring substituents is 1. The van der Waals surface area contributed by atoms with Crippen LogP contribution < -0.4 is 0 Å². The first-order valence-corrected chi connectivity index (χ1v) is 7.21.